The second-order valence-electron chi connectivity index (χ2n) is 7.90. The molecule has 0 aliphatic rings. The summed E-state index contributed by atoms with van der Waals surface area (Å²) in [6.07, 6.45) is 4.23. The van der Waals surface area contributed by atoms with Crippen molar-refractivity contribution in [3.8, 4) is 0 Å². The van der Waals surface area contributed by atoms with Crippen LogP contribution in [0.25, 0.3) is 21.8 Å². The Morgan fingerprint density at radius 3 is 2.70 bits per heavy atom. The Balaban J connectivity index is 1.43. The smallest absolute Gasteiger partial charge is 0.224 e. The molecule has 0 spiro atoms. The van der Waals surface area contributed by atoms with E-state index < -0.39 is 0 Å². The van der Waals surface area contributed by atoms with Gasteiger partial charge in [-0.15, -0.1) is 0 Å². The van der Waals surface area contributed by atoms with Crippen LogP contribution < -0.4 is 10.6 Å². The highest BCUT2D eigenvalue weighted by molar-refractivity contribution is 7.99. The zero-order chi connectivity index (χ0) is 23.0. The molecule has 0 bridgehead atoms. The van der Waals surface area contributed by atoms with Gasteiger partial charge in [0.1, 0.15) is 5.82 Å². The van der Waals surface area contributed by atoms with E-state index in [1.165, 1.54) is 0 Å². The minimum absolute atomic E-state index is 0.00179. The first-order valence-electron chi connectivity index (χ1n) is 11.5. The molecule has 8 heteroatoms. The molecule has 7 nitrogen and oxygen atoms in total. The molecule has 0 saturated heterocycles. The molecule has 2 aromatic heterocycles. The molecule has 0 unspecified atom stereocenters. The summed E-state index contributed by atoms with van der Waals surface area (Å²) in [5.74, 6) is 1.80. The molecule has 0 aliphatic carbocycles. The van der Waals surface area contributed by atoms with Crippen molar-refractivity contribution < 1.29 is 4.79 Å². The maximum absolute atomic E-state index is 12.6. The Hall–Kier alpha value is -3.13. The van der Waals surface area contributed by atoms with Gasteiger partial charge in [-0.3, -0.25) is 4.79 Å². The van der Waals surface area contributed by atoms with Gasteiger partial charge in [0.2, 0.25) is 5.91 Å². The summed E-state index contributed by atoms with van der Waals surface area (Å²) in [5, 5.41) is 14.9. The quantitative estimate of drug-likeness (QED) is 0.249. The molecule has 2 heterocycles. The predicted molar refractivity (Wildman–Crippen MR) is 136 cm³/mol. The third-order valence-corrected chi connectivity index (χ3v) is 6.38. The lowest BCUT2D eigenvalue weighted by atomic mass is 10.0. The maximum Gasteiger partial charge on any atom is 0.224 e. The van der Waals surface area contributed by atoms with E-state index in [9.17, 15) is 4.79 Å². The molecule has 172 valence electrons. The molecule has 1 amide bonds. The molecule has 2 N–H and O–H groups in total. The van der Waals surface area contributed by atoms with Crippen molar-refractivity contribution in [2.24, 2.45) is 0 Å². The topological polar surface area (TPSA) is 84.7 Å². The second kappa shape index (κ2) is 11.1. The average Bonchev–Trinajstić information content (AvgIpc) is 3.24. The van der Waals surface area contributed by atoms with Crippen LogP contribution in [0.2, 0.25) is 0 Å². The van der Waals surface area contributed by atoms with Gasteiger partial charge in [0, 0.05) is 18.8 Å². The molecular formula is C25H30N6OS. The van der Waals surface area contributed by atoms with Crippen LogP contribution in [0, 0.1) is 0 Å². The van der Waals surface area contributed by atoms with Crippen molar-refractivity contribution in [3.05, 3.63) is 54.2 Å². The van der Waals surface area contributed by atoms with Gasteiger partial charge >= 0.3 is 0 Å². The van der Waals surface area contributed by atoms with E-state index in [0.29, 0.717) is 19.5 Å². The minimum atomic E-state index is 0.00179. The number of rotatable bonds is 11. The number of benzene rings is 2. The number of anilines is 1. The first-order chi connectivity index (χ1) is 16.2. The summed E-state index contributed by atoms with van der Waals surface area (Å²) >= 11 is 1.65. The third kappa shape index (κ3) is 5.63. The average molecular weight is 463 g/mol. The van der Waals surface area contributed by atoms with E-state index in [1.807, 2.05) is 28.9 Å². The number of carbonyl (C=O) groups excluding carboxylic acids is 1. The van der Waals surface area contributed by atoms with E-state index in [-0.39, 0.29) is 5.91 Å². The molecular weight excluding hydrogens is 432 g/mol. The fourth-order valence-corrected chi connectivity index (χ4v) is 4.41. The van der Waals surface area contributed by atoms with Gasteiger partial charge in [0.25, 0.3) is 0 Å². The van der Waals surface area contributed by atoms with Gasteiger partial charge in [-0.05, 0) is 29.2 Å². The second-order valence-corrected chi connectivity index (χ2v) is 8.96. The van der Waals surface area contributed by atoms with E-state index in [2.05, 4.69) is 52.8 Å². The number of hydrogen-bond acceptors (Lipinski definition) is 6. The molecule has 0 saturated carbocycles. The van der Waals surface area contributed by atoms with Crippen LogP contribution in [0.5, 0.6) is 0 Å². The predicted octanol–water partition coefficient (Wildman–Crippen LogP) is 4.66. The summed E-state index contributed by atoms with van der Waals surface area (Å²) in [5.41, 5.74) is 1.83. The summed E-state index contributed by atoms with van der Waals surface area (Å²) in [6, 6.07) is 14.2. The Labute approximate surface area is 198 Å². The Bertz CT molecular complexity index is 1230. The molecule has 4 aromatic rings. The number of carbonyl (C=O) groups is 1. The molecule has 4 rings (SSSR count). The van der Waals surface area contributed by atoms with Crippen molar-refractivity contribution >= 4 is 45.3 Å². The molecule has 0 aliphatic heterocycles. The van der Waals surface area contributed by atoms with E-state index >= 15 is 0 Å². The molecule has 0 radical (unpaired) electrons. The first kappa shape index (κ1) is 23.0. The minimum Gasteiger partial charge on any atom is -0.369 e. The number of nitrogens with zero attached hydrogens (tertiary/aromatic N) is 4. The number of aromatic nitrogens is 4. The Morgan fingerprint density at radius 2 is 1.85 bits per heavy atom. The van der Waals surface area contributed by atoms with E-state index in [0.717, 1.165) is 63.5 Å². The van der Waals surface area contributed by atoms with Gasteiger partial charge in [-0.1, -0.05) is 68.1 Å². The lowest BCUT2D eigenvalue weighted by Gasteiger charge is -2.10. The highest BCUT2D eigenvalue weighted by Crippen LogP contribution is 2.25. The first-order valence-corrected chi connectivity index (χ1v) is 12.5. The van der Waals surface area contributed by atoms with Crippen molar-refractivity contribution in [3.63, 3.8) is 0 Å². The van der Waals surface area contributed by atoms with Crippen LogP contribution in [0.15, 0.2) is 53.8 Å². The Morgan fingerprint density at radius 1 is 1.00 bits per heavy atom. The SMILES string of the molecule is CCCNc1nc(SCCC)nc2c1cnn2CCNC(=O)Cc1cccc2ccccc12. The largest absolute Gasteiger partial charge is 0.369 e. The fourth-order valence-electron chi connectivity index (χ4n) is 3.72. The van der Waals surface area contributed by atoms with Crippen LogP contribution >= 0.6 is 11.8 Å². The van der Waals surface area contributed by atoms with Gasteiger partial charge in [-0.2, -0.15) is 5.10 Å². The van der Waals surface area contributed by atoms with Crippen molar-refractivity contribution in [1.82, 2.24) is 25.1 Å². The van der Waals surface area contributed by atoms with Crippen LogP contribution in [-0.2, 0) is 17.8 Å². The third-order valence-electron chi connectivity index (χ3n) is 5.33. The zero-order valence-electron chi connectivity index (χ0n) is 19.2. The summed E-state index contributed by atoms with van der Waals surface area (Å²) in [7, 11) is 0. The van der Waals surface area contributed by atoms with Crippen LogP contribution in [-0.4, -0.2) is 44.5 Å². The Kier molecular flexibility index (Phi) is 7.78. The lowest BCUT2D eigenvalue weighted by Crippen LogP contribution is -2.29. The molecule has 2 aromatic carbocycles. The normalized spacial score (nSPS) is 11.2. The molecule has 33 heavy (non-hydrogen) atoms. The zero-order valence-corrected chi connectivity index (χ0v) is 20.0. The molecule has 0 fully saturated rings. The summed E-state index contributed by atoms with van der Waals surface area (Å²) < 4.78 is 1.85. The molecule has 0 atom stereocenters. The van der Waals surface area contributed by atoms with Crippen molar-refractivity contribution in [1.29, 1.82) is 0 Å². The fraction of sp³-hybridized carbons (Fsp3) is 0.360. The van der Waals surface area contributed by atoms with Gasteiger partial charge < -0.3 is 10.6 Å². The summed E-state index contributed by atoms with van der Waals surface area (Å²) in [6.45, 7) is 6.15. The van der Waals surface area contributed by atoms with E-state index in [4.69, 9.17) is 4.98 Å². The number of amides is 1. The number of nitrogens with one attached hydrogen (secondary N) is 2. The number of fused-ring (bicyclic) bond motifs is 2. The standard InChI is InChI=1S/C25H30N6OS/c1-3-12-27-23-21-17-28-31(24(21)30-25(29-23)33-15-4-2)14-13-26-22(32)16-19-10-7-9-18-8-5-6-11-20(18)19/h5-11,17H,3-4,12-16H2,1-2H3,(H,26,32)(H,27,29,30). The lowest BCUT2D eigenvalue weighted by molar-refractivity contribution is -0.120. The van der Waals surface area contributed by atoms with Gasteiger partial charge in [-0.25, -0.2) is 14.6 Å². The highest BCUT2D eigenvalue weighted by Gasteiger charge is 2.14. The van der Waals surface area contributed by atoms with Crippen LogP contribution in [0.4, 0.5) is 5.82 Å². The van der Waals surface area contributed by atoms with Crippen molar-refractivity contribution in [2.45, 2.75) is 44.8 Å². The van der Waals surface area contributed by atoms with Gasteiger partial charge in [0.05, 0.1) is 24.5 Å². The van der Waals surface area contributed by atoms with Crippen LogP contribution in [0.1, 0.15) is 32.3 Å². The van der Waals surface area contributed by atoms with Crippen LogP contribution in [0.3, 0.4) is 0 Å². The van der Waals surface area contributed by atoms with E-state index in [1.54, 1.807) is 18.0 Å². The van der Waals surface area contributed by atoms with Crippen molar-refractivity contribution in [2.75, 3.05) is 24.2 Å². The maximum atomic E-state index is 12.6. The monoisotopic (exact) mass is 462 g/mol. The number of hydrogen-bond donors (Lipinski definition) is 2. The highest BCUT2D eigenvalue weighted by atomic mass is 32.2. The summed E-state index contributed by atoms with van der Waals surface area (Å²) in [4.78, 5) is 22.0. The number of thioether (sulfide) groups is 1. The van der Waals surface area contributed by atoms with Gasteiger partial charge in [0.15, 0.2) is 10.8 Å².